The van der Waals surface area contributed by atoms with E-state index < -0.39 is 0 Å². The highest BCUT2D eigenvalue weighted by Crippen LogP contribution is 2.02. The normalized spacial score (nSPS) is 16.0. The van der Waals surface area contributed by atoms with E-state index >= 15 is 0 Å². The zero-order valence-corrected chi connectivity index (χ0v) is 4.81. The highest BCUT2D eigenvalue weighted by atomic mass is 15.0. The predicted octanol–water partition coefficient (Wildman–Crippen LogP) is -0.790. The van der Waals surface area contributed by atoms with E-state index in [0.29, 0.717) is 5.57 Å². The van der Waals surface area contributed by atoms with Gasteiger partial charge in [0.25, 0.3) is 0 Å². The number of hydrogen-bond acceptors (Lipinski definition) is 3. The average Bonchev–Trinajstić information content (AvgIpc) is 2.13. The standard InChI is InChI=1S/C5H8N4/c6-4(7)3-1-2-9-5(3)8/h1-2H,6-7H2,(H2,8,9). The molecule has 4 heteroatoms. The monoisotopic (exact) mass is 124 g/mol. The van der Waals surface area contributed by atoms with Crippen LogP contribution >= 0.6 is 0 Å². The maximum absolute atomic E-state index is 7.14. The van der Waals surface area contributed by atoms with Crippen molar-refractivity contribution in [3.05, 3.63) is 23.7 Å². The summed E-state index contributed by atoms with van der Waals surface area (Å²) in [5.74, 6) is 0.441. The molecule has 0 amide bonds. The van der Waals surface area contributed by atoms with Crippen LogP contribution in [0.3, 0.4) is 0 Å². The van der Waals surface area contributed by atoms with E-state index in [1.54, 1.807) is 12.3 Å². The summed E-state index contributed by atoms with van der Waals surface area (Å²) < 4.78 is 0. The minimum Gasteiger partial charge on any atom is -0.385 e. The Morgan fingerprint density at radius 2 is 2.22 bits per heavy atom. The van der Waals surface area contributed by atoms with E-state index in [1.807, 2.05) is 0 Å². The van der Waals surface area contributed by atoms with E-state index in [0.717, 1.165) is 0 Å². The van der Waals surface area contributed by atoms with Gasteiger partial charge in [0.1, 0.15) is 11.7 Å². The molecule has 0 spiro atoms. The molecule has 1 rings (SSSR count). The van der Waals surface area contributed by atoms with Crippen LogP contribution in [0.5, 0.6) is 0 Å². The molecule has 1 aliphatic heterocycles. The Hall–Kier alpha value is -1.45. The largest absolute Gasteiger partial charge is 0.385 e. The molecule has 0 bridgehead atoms. The predicted molar refractivity (Wildman–Crippen MR) is 35.4 cm³/mol. The fraction of sp³-hybridized carbons (Fsp3) is 0. The first-order chi connectivity index (χ1) is 4.22. The molecule has 48 valence electrons. The zero-order chi connectivity index (χ0) is 6.85. The van der Waals surface area contributed by atoms with Crippen molar-refractivity contribution in [1.29, 1.82) is 5.41 Å². The Morgan fingerprint density at radius 3 is 2.44 bits per heavy atom. The molecule has 0 fully saturated rings. The maximum Gasteiger partial charge on any atom is 0.133 e. The quantitative estimate of drug-likeness (QED) is 0.341. The van der Waals surface area contributed by atoms with Crippen LogP contribution in [0.1, 0.15) is 0 Å². The fourth-order valence-electron chi connectivity index (χ4n) is 0.610. The molecule has 0 aromatic heterocycles. The second kappa shape index (κ2) is 1.81. The summed E-state index contributed by atoms with van der Waals surface area (Å²) in [6.45, 7) is 0. The number of nitrogens with two attached hydrogens (primary N) is 2. The topological polar surface area (TPSA) is 87.9 Å². The highest BCUT2D eigenvalue weighted by molar-refractivity contribution is 6.01. The minimum absolute atomic E-state index is 0.182. The summed E-state index contributed by atoms with van der Waals surface area (Å²) in [7, 11) is 0. The molecule has 0 unspecified atom stereocenters. The van der Waals surface area contributed by atoms with Gasteiger partial charge in [-0.2, -0.15) is 0 Å². The van der Waals surface area contributed by atoms with Crippen LogP contribution in [-0.4, -0.2) is 5.84 Å². The summed E-state index contributed by atoms with van der Waals surface area (Å²) in [5, 5.41) is 9.78. The first-order valence-corrected chi connectivity index (χ1v) is 2.49. The Bertz CT molecular complexity index is 197. The van der Waals surface area contributed by atoms with E-state index in [-0.39, 0.29) is 11.7 Å². The summed E-state index contributed by atoms with van der Waals surface area (Å²) in [6, 6.07) is 0. The molecule has 0 aliphatic carbocycles. The van der Waals surface area contributed by atoms with Crippen LogP contribution in [0.15, 0.2) is 23.7 Å². The van der Waals surface area contributed by atoms with Crippen molar-refractivity contribution in [3.63, 3.8) is 0 Å². The smallest absolute Gasteiger partial charge is 0.133 e. The van der Waals surface area contributed by atoms with Gasteiger partial charge < -0.3 is 16.8 Å². The summed E-state index contributed by atoms with van der Waals surface area (Å²) in [6.07, 6.45) is 3.29. The van der Waals surface area contributed by atoms with Crippen molar-refractivity contribution in [3.8, 4) is 0 Å². The zero-order valence-electron chi connectivity index (χ0n) is 4.81. The number of nitrogens with one attached hydrogen (secondary N) is 2. The number of rotatable bonds is 0. The summed E-state index contributed by atoms with van der Waals surface area (Å²) in [4.78, 5) is 0. The van der Waals surface area contributed by atoms with Gasteiger partial charge in [0.05, 0.1) is 5.57 Å². The van der Waals surface area contributed by atoms with Gasteiger partial charge in [-0.25, -0.2) is 0 Å². The Labute approximate surface area is 52.7 Å². The first-order valence-electron chi connectivity index (χ1n) is 2.49. The van der Waals surface area contributed by atoms with Crippen LogP contribution in [0, 0.1) is 5.41 Å². The Kier molecular flexibility index (Phi) is 1.14. The van der Waals surface area contributed by atoms with Gasteiger partial charge in [-0.05, 0) is 6.08 Å². The third-order valence-electron chi connectivity index (χ3n) is 1.06. The van der Waals surface area contributed by atoms with Crippen molar-refractivity contribution in [2.45, 2.75) is 0 Å². The molecular weight excluding hydrogens is 116 g/mol. The molecule has 0 aromatic rings. The van der Waals surface area contributed by atoms with Crippen molar-refractivity contribution in [2.75, 3.05) is 0 Å². The van der Waals surface area contributed by atoms with Gasteiger partial charge in [-0.3, -0.25) is 5.41 Å². The Morgan fingerprint density at radius 1 is 1.56 bits per heavy atom. The van der Waals surface area contributed by atoms with Gasteiger partial charge in [0, 0.05) is 6.20 Å². The first kappa shape index (κ1) is 5.68. The molecule has 0 aromatic carbocycles. The molecule has 4 nitrogen and oxygen atoms in total. The Balaban J connectivity index is 2.95. The van der Waals surface area contributed by atoms with Crippen LogP contribution in [0.25, 0.3) is 0 Å². The van der Waals surface area contributed by atoms with Gasteiger partial charge in [-0.1, -0.05) is 0 Å². The average molecular weight is 124 g/mol. The van der Waals surface area contributed by atoms with E-state index in [9.17, 15) is 0 Å². The summed E-state index contributed by atoms with van der Waals surface area (Å²) in [5.41, 5.74) is 11.0. The van der Waals surface area contributed by atoms with Gasteiger partial charge in [-0.15, -0.1) is 0 Å². The second-order valence-corrected chi connectivity index (χ2v) is 1.72. The van der Waals surface area contributed by atoms with Crippen molar-refractivity contribution < 1.29 is 0 Å². The van der Waals surface area contributed by atoms with Crippen LogP contribution in [-0.2, 0) is 0 Å². The maximum atomic E-state index is 7.14. The van der Waals surface area contributed by atoms with Crippen molar-refractivity contribution in [2.24, 2.45) is 11.5 Å². The molecular formula is C5H8N4. The van der Waals surface area contributed by atoms with Gasteiger partial charge in [0.2, 0.25) is 0 Å². The third kappa shape index (κ3) is 0.861. The molecule has 1 heterocycles. The molecule has 0 atom stereocenters. The molecule has 0 saturated carbocycles. The van der Waals surface area contributed by atoms with E-state index in [2.05, 4.69) is 5.32 Å². The van der Waals surface area contributed by atoms with Crippen LogP contribution in [0.4, 0.5) is 0 Å². The highest BCUT2D eigenvalue weighted by Gasteiger charge is 2.07. The molecule has 1 aliphatic rings. The second-order valence-electron chi connectivity index (χ2n) is 1.72. The van der Waals surface area contributed by atoms with Crippen molar-refractivity contribution >= 4 is 5.84 Å². The van der Waals surface area contributed by atoms with Crippen LogP contribution < -0.4 is 16.8 Å². The summed E-state index contributed by atoms with van der Waals surface area (Å²) >= 11 is 0. The van der Waals surface area contributed by atoms with Gasteiger partial charge >= 0.3 is 0 Å². The van der Waals surface area contributed by atoms with E-state index in [4.69, 9.17) is 16.9 Å². The number of hydrogen-bond donors (Lipinski definition) is 4. The van der Waals surface area contributed by atoms with Gasteiger partial charge in [0.15, 0.2) is 0 Å². The van der Waals surface area contributed by atoms with E-state index in [1.165, 1.54) is 0 Å². The fourth-order valence-corrected chi connectivity index (χ4v) is 0.610. The van der Waals surface area contributed by atoms with Crippen molar-refractivity contribution in [1.82, 2.24) is 5.32 Å². The third-order valence-corrected chi connectivity index (χ3v) is 1.06. The lowest BCUT2D eigenvalue weighted by atomic mass is 10.3. The lowest BCUT2D eigenvalue weighted by Crippen LogP contribution is -2.19. The SMILES string of the molecule is N=C1NC=CC1=C(N)N. The van der Waals surface area contributed by atoms with Crippen LogP contribution in [0.2, 0.25) is 0 Å². The number of amidine groups is 1. The molecule has 9 heavy (non-hydrogen) atoms. The lowest BCUT2D eigenvalue weighted by molar-refractivity contribution is 1.21. The molecule has 0 saturated heterocycles. The molecule has 6 N–H and O–H groups in total. The minimum atomic E-state index is 0.182. The lowest BCUT2D eigenvalue weighted by Gasteiger charge is -1.96. The molecule has 0 radical (unpaired) electrons.